The van der Waals surface area contributed by atoms with E-state index in [1.165, 1.54) is 0 Å². The summed E-state index contributed by atoms with van der Waals surface area (Å²) in [6.45, 7) is 0. The molecule has 0 saturated carbocycles. The van der Waals surface area contributed by atoms with Crippen LogP contribution in [-0.4, -0.2) is 20.2 Å². The molecule has 0 atom stereocenters. The topological polar surface area (TPSA) is 90.3 Å². The first kappa shape index (κ1) is 21.9. The summed E-state index contributed by atoms with van der Waals surface area (Å²) in [4.78, 5) is 7.26. The van der Waals surface area contributed by atoms with E-state index in [0.29, 0.717) is 18.3 Å². The number of rotatable bonds is 4. The van der Waals surface area contributed by atoms with Crippen LogP contribution in [-0.2, 0) is 12.4 Å². The summed E-state index contributed by atoms with van der Waals surface area (Å²) < 4.78 is 91.4. The number of benzene rings is 2. The van der Waals surface area contributed by atoms with E-state index in [1.807, 2.05) is 0 Å². The lowest BCUT2D eigenvalue weighted by Crippen LogP contribution is -2.08. The number of nitrogens with one attached hydrogen (secondary N) is 2. The van der Waals surface area contributed by atoms with Gasteiger partial charge in [-0.2, -0.15) is 31.3 Å². The second kappa shape index (κ2) is 7.81. The van der Waals surface area contributed by atoms with E-state index in [1.54, 1.807) is 0 Å². The number of aromatic hydroxyl groups is 2. The van der Waals surface area contributed by atoms with Gasteiger partial charge >= 0.3 is 12.4 Å². The average molecular weight is 448 g/mol. The minimum atomic E-state index is -4.87. The Morgan fingerprint density at radius 2 is 1.23 bits per heavy atom. The van der Waals surface area contributed by atoms with Gasteiger partial charge in [0.05, 0.1) is 17.3 Å². The second-order valence-corrected chi connectivity index (χ2v) is 6.10. The fraction of sp³-hybridized carbons (Fsp3) is 0.111. The molecule has 31 heavy (non-hydrogen) atoms. The van der Waals surface area contributed by atoms with Crippen molar-refractivity contribution in [2.24, 2.45) is 0 Å². The van der Waals surface area contributed by atoms with Crippen LogP contribution in [0.5, 0.6) is 11.5 Å². The minimum absolute atomic E-state index is 0.188. The fourth-order valence-corrected chi connectivity index (χ4v) is 2.46. The molecule has 1 heterocycles. The van der Waals surface area contributed by atoms with E-state index in [2.05, 4.69) is 20.6 Å². The van der Waals surface area contributed by atoms with Crippen LogP contribution in [0, 0.1) is 5.82 Å². The second-order valence-electron chi connectivity index (χ2n) is 6.10. The molecule has 0 fully saturated rings. The van der Waals surface area contributed by atoms with Gasteiger partial charge < -0.3 is 20.8 Å². The van der Waals surface area contributed by atoms with Gasteiger partial charge in [0.15, 0.2) is 11.6 Å². The van der Waals surface area contributed by atoms with Crippen molar-refractivity contribution in [1.82, 2.24) is 9.97 Å². The SMILES string of the molecule is Oc1ccc(Nc2ncc(F)c(Nc3ccc(O)c(C(F)(F)F)c3)n2)cc1C(F)(F)F. The first-order valence-electron chi connectivity index (χ1n) is 8.21. The monoisotopic (exact) mass is 448 g/mol. The van der Waals surface area contributed by atoms with Gasteiger partial charge in [0.25, 0.3) is 0 Å². The van der Waals surface area contributed by atoms with E-state index >= 15 is 0 Å². The summed E-state index contributed by atoms with van der Waals surface area (Å²) >= 11 is 0. The van der Waals surface area contributed by atoms with Crippen molar-refractivity contribution in [1.29, 1.82) is 0 Å². The molecule has 2 aromatic carbocycles. The normalized spacial score (nSPS) is 12.0. The Morgan fingerprint density at radius 1 is 0.742 bits per heavy atom. The van der Waals surface area contributed by atoms with Crippen molar-refractivity contribution in [3.05, 3.63) is 59.5 Å². The van der Waals surface area contributed by atoms with Crippen LogP contribution in [0.1, 0.15) is 11.1 Å². The Hall–Kier alpha value is -3.77. The Kier molecular flexibility index (Phi) is 5.53. The molecule has 0 unspecified atom stereocenters. The predicted octanol–water partition coefficient (Wildman–Crippen LogP) is 5.55. The summed E-state index contributed by atoms with van der Waals surface area (Å²) in [5, 5.41) is 23.4. The van der Waals surface area contributed by atoms with Gasteiger partial charge in [-0.25, -0.2) is 9.37 Å². The Balaban J connectivity index is 1.88. The van der Waals surface area contributed by atoms with Crippen molar-refractivity contribution in [3.63, 3.8) is 0 Å². The van der Waals surface area contributed by atoms with Crippen LogP contribution >= 0.6 is 0 Å². The van der Waals surface area contributed by atoms with Crippen molar-refractivity contribution in [3.8, 4) is 11.5 Å². The van der Waals surface area contributed by atoms with Crippen LogP contribution in [0.3, 0.4) is 0 Å². The van der Waals surface area contributed by atoms with Gasteiger partial charge in [0, 0.05) is 11.4 Å². The van der Waals surface area contributed by atoms with Crippen LogP contribution in [0.2, 0.25) is 0 Å². The third-order valence-electron chi connectivity index (χ3n) is 3.87. The summed E-state index contributed by atoms with van der Waals surface area (Å²) in [6, 6.07) is 4.75. The molecule has 3 rings (SSSR count). The maximum Gasteiger partial charge on any atom is 0.420 e. The molecule has 0 bridgehead atoms. The van der Waals surface area contributed by atoms with Crippen LogP contribution < -0.4 is 10.6 Å². The van der Waals surface area contributed by atoms with E-state index in [-0.39, 0.29) is 17.3 Å². The first-order valence-corrected chi connectivity index (χ1v) is 8.21. The molecule has 0 saturated heterocycles. The van der Waals surface area contributed by atoms with Crippen molar-refractivity contribution in [2.45, 2.75) is 12.4 Å². The van der Waals surface area contributed by atoms with Gasteiger partial charge in [-0.05, 0) is 36.4 Å². The van der Waals surface area contributed by atoms with Crippen LogP contribution in [0.15, 0.2) is 42.6 Å². The van der Waals surface area contributed by atoms with Crippen LogP contribution in [0.4, 0.5) is 53.9 Å². The van der Waals surface area contributed by atoms with E-state index in [9.17, 15) is 40.9 Å². The number of anilines is 4. The standard InChI is InChI=1S/C18H11F7N4O2/c19-12-7-26-16(28-9-2-4-14(31)11(6-9)18(23,24)25)29-15(12)27-8-1-3-13(30)10(5-8)17(20,21)22/h1-7,30-31H,(H2,26,27,28,29). The van der Waals surface area contributed by atoms with Gasteiger partial charge in [0.2, 0.25) is 5.95 Å². The number of hydrogen-bond donors (Lipinski definition) is 4. The summed E-state index contributed by atoms with van der Waals surface area (Å²) in [6.07, 6.45) is -9.06. The quantitative estimate of drug-likeness (QED) is 0.309. The molecule has 164 valence electrons. The maximum atomic E-state index is 14.0. The molecular formula is C18H11F7N4O2. The molecule has 6 nitrogen and oxygen atoms in total. The van der Waals surface area contributed by atoms with Crippen molar-refractivity contribution >= 4 is 23.1 Å². The van der Waals surface area contributed by atoms with Gasteiger partial charge in [0.1, 0.15) is 11.5 Å². The number of phenolic OH excluding ortho intramolecular Hbond substituents is 2. The number of hydrogen-bond acceptors (Lipinski definition) is 6. The first-order chi connectivity index (χ1) is 14.3. The lowest BCUT2D eigenvalue weighted by Gasteiger charge is -2.14. The van der Waals surface area contributed by atoms with Crippen molar-refractivity contribution < 1.29 is 40.9 Å². The highest BCUT2D eigenvalue weighted by molar-refractivity contribution is 5.63. The highest BCUT2D eigenvalue weighted by Crippen LogP contribution is 2.39. The zero-order chi connectivity index (χ0) is 23.0. The minimum Gasteiger partial charge on any atom is -0.507 e. The molecule has 3 aromatic rings. The van der Waals surface area contributed by atoms with Crippen LogP contribution in [0.25, 0.3) is 0 Å². The summed E-state index contributed by atoms with van der Waals surface area (Å²) in [5.74, 6) is -4.05. The summed E-state index contributed by atoms with van der Waals surface area (Å²) in [7, 11) is 0. The number of aromatic nitrogens is 2. The third-order valence-corrected chi connectivity index (χ3v) is 3.87. The molecule has 4 N–H and O–H groups in total. The molecule has 0 aliphatic rings. The fourth-order valence-electron chi connectivity index (χ4n) is 2.46. The highest BCUT2D eigenvalue weighted by Gasteiger charge is 2.35. The molecule has 0 amide bonds. The number of phenols is 2. The Bertz CT molecular complexity index is 1120. The Morgan fingerprint density at radius 3 is 1.71 bits per heavy atom. The molecule has 0 spiro atoms. The predicted molar refractivity (Wildman–Crippen MR) is 94.8 cm³/mol. The zero-order valence-electron chi connectivity index (χ0n) is 15.0. The van der Waals surface area contributed by atoms with E-state index < -0.39 is 46.6 Å². The largest absolute Gasteiger partial charge is 0.507 e. The van der Waals surface area contributed by atoms with E-state index in [0.717, 1.165) is 24.3 Å². The molecule has 0 aliphatic heterocycles. The lowest BCUT2D eigenvalue weighted by molar-refractivity contribution is -0.139. The van der Waals surface area contributed by atoms with Gasteiger partial charge in [-0.1, -0.05) is 0 Å². The maximum absolute atomic E-state index is 14.0. The number of nitrogens with zero attached hydrogens (tertiary/aromatic N) is 2. The average Bonchev–Trinajstić information content (AvgIpc) is 2.65. The molecule has 1 aromatic heterocycles. The lowest BCUT2D eigenvalue weighted by atomic mass is 10.1. The van der Waals surface area contributed by atoms with Gasteiger partial charge in [-0.3, -0.25) is 0 Å². The van der Waals surface area contributed by atoms with Gasteiger partial charge in [-0.15, -0.1) is 0 Å². The molecule has 13 heteroatoms. The number of halogens is 7. The smallest absolute Gasteiger partial charge is 0.420 e. The van der Waals surface area contributed by atoms with E-state index in [4.69, 9.17) is 0 Å². The molecular weight excluding hydrogens is 437 g/mol. The highest BCUT2D eigenvalue weighted by atomic mass is 19.4. The van der Waals surface area contributed by atoms with Crippen molar-refractivity contribution in [2.75, 3.05) is 10.6 Å². The zero-order valence-corrected chi connectivity index (χ0v) is 15.0. The molecule has 0 aliphatic carbocycles. The molecule has 0 radical (unpaired) electrons. The third kappa shape index (κ3) is 5.05. The summed E-state index contributed by atoms with van der Waals surface area (Å²) in [5.41, 5.74) is -3.15. The number of alkyl halides is 6. The Labute approximate surface area is 169 Å².